The van der Waals surface area contributed by atoms with E-state index in [1.54, 1.807) is 19.2 Å². The quantitative estimate of drug-likeness (QED) is 0.613. The maximum atomic E-state index is 11.0. The van der Waals surface area contributed by atoms with Gasteiger partial charge >= 0.3 is 5.69 Å². The van der Waals surface area contributed by atoms with Gasteiger partial charge in [-0.15, -0.1) is 10.2 Å². The molecular formula is C13H16N4O4. The Bertz CT molecular complexity index is 626. The van der Waals surface area contributed by atoms with Crippen LogP contribution in [-0.4, -0.2) is 22.2 Å². The number of aryl methyl sites for hydroxylation is 1. The summed E-state index contributed by atoms with van der Waals surface area (Å²) in [7, 11) is 1.80. The summed E-state index contributed by atoms with van der Waals surface area (Å²) < 4.78 is 10.8. The number of nitrogens with zero attached hydrogens (tertiary/aromatic N) is 3. The van der Waals surface area contributed by atoms with Gasteiger partial charge in [-0.2, -0.15) is 0 Å². The third kappa shape index (κ3) is 3.76. The van der Waals surface area contributed by atoms with Crippen molar-refractivity contribution in [3.63, 3.8) is 0 Å². The number of rotatable bonds is 7. The van der Waals surface area contributed by atoms with Crippen molar-refractivity contribution < 1.29 is 14.1 Å². The number of nitrogens with one attached hydrogen (secondary N) is 1. The first-order valence-electron chi connectivity index (χ1n) is 6.50. The van der Waals surface area contributed by atoms with Crippen molar-refractivity contribution >= 4 is 5.69 Å². The van der Waals surface area contributed by atoms with Crippen LogP contribution in [0.25, 0.3) is 0 Å². The maximum Gasteiger partial charge on any atom is 0.310 e. The van der Waals surface area contributed by atoms with E-state index in [0.717, 1.165) is 5.56 Å². The lowest BCUT2D eigenvalue weighted by atomic mass is 10.2. The fourth-order valence-electron chi connectivity index (χ4n) is 1.77. The molecule has 2 rings (SSSR count). The van der Waals surface area contributed by atoms with Crippen molar-refractivity contribution in [1.29, 1.82) is 0 Å². The molecule has 0 unspecified atom stereocenters. The van der Waals surface area contributed by atoms with Crippen LogP contribution in [0.3, 0.4) is 0 Å². The van der Waals surface area contributed by atoms with Crippen LogP contribution in [0.5, 0.6) is 5.75 Å². The minimum absolute atomic E-state index is 0.00313. The topological polar surface area (TPSA) is 103 Å². The molecule has 0 atom stereocenters. The second-order valence-electron chi connectivity index (χ2n) is 4.32. The Kier molecular flexibility index (Phi) is 4.83. The predicted octanol–water partition coefficient (Wildman–Crippen LogP) is 1.84. The molecular weight excluding hydrogens is 276 g/mol. The molecule has 0 aliphatic heterocycles. The monoisotopic (exact) mass is 292 g/mol. The first-order chi connectivity index (χ1) is 10.1. The van der Waals surface area contributed by atoms with E-state index in [4.69, 9.17) is 9.15 Å². The Morgan fingerprint density at radius 2 is 2.14 bits per heavy atom. The van der Waals surface area contributed by atoms with Crippen molar-refractivity contribution in [2.45, 2.75) is 26.5 Å². The maximum absolute atomic E-state index is 11.0. The summed E-state index contributed by atoms with van der Waals surface area (Å²) in [4.78, 5) is 10.5. The van der Waals surface area contributed by atoms with Crippen molar-refractivity contribution in [1.82, 2.24) is 15.5 Å². The second kappa shape index (κ2) is 6.80. The highest BCUT2D eigenvalue weighted by Gasteiger charge is 2.16. The number of nitro groups is 1. The van der Waals surface area contributed by atoms with Crippen molar-refractivity contribution in [2.24, 2.45) is 0 Å². The largest absolute Gasteiger partial charge is 0.477 e. The molecule has 21 heavy (non-hydrogen) atoms. The van der Waals surface area contributed by atoms with Crippen molar-refractivity contribution in [3.05, 3.63) is 45.7 Å². The lowest BCUT2D eigenvalue weighted by molar-refractivity contribution is -0.386. The lowest BCUT2D eigenvalue weighted by Gasteiger charge is -2.07. The predicted molar refractivity (Wildman–Crippen MR) is 73.9 cm³/mol. The molecule has 0 spiro atoms. The Labute approximate surface area is 121 Å². The van der Waals surface area contributed by atoms with Crippen LogP contribution in [-0.2, 0) is 19.6 Å². The van der Waals surface area contributed by atoms with Gasteiger partial charge in [0.25, 0.3) is 5.89 Å². The zero-order chi connectivity index (χ0) is 15.2. The van der Waals surface area contributed by atoms with Gasteiger partial charge in [-0.05, 0) is 18.7 Å². The van der Waals surface area contributed by atoms with Crippen molar-refractivity contribution in [3.8, 4) is 5.75 Å². The van der Waals surface area contributed by atoms with E-state index < -0.39 is 4.92 Å². The van der Waals surface area contributed by atoms with Crippen LogP contribution < -0.4 is 10.1 Å². The third-order valence-corrected chi connectivity index (χ3v) is 2.76. The Hall–Kier alpha value is -2.48. The summed E-state index contributed by atoms with van der Waals surface area (Å²) in [6.07, 6.45) is 0.630. The second-order valence-corrected chi connectivity index (χ2v) is 4.32. The van der Waals surface area contributed by atoms with Crippen LogP contribution in [0, 0.1) is 10.1 Å². The fraction of sp³-hybridized carbons (Fsp3) is 0.385. The van der Waals surface area contributed by atoms with Crippen LogP contribution in [0.2, 0.25) is 0 Å². The summed E-state index contributed by atoms with van der Waals surface area (Å²) in [6.45, 7) is 2.48. The Balaban J connectivity index is 2.16. The highest BCUT2D eigenvalue weighted by atomic mass is 16.6. The van der Waals surface area contributed by atoms with Gasteiger partial charge in [0, 0.05) is 19.0 Å². The first-order valence-corrected chi connectivity index (χ1v) is 6.50. The molecule has 8 nitrogen and oxygen atoms in total. The molecule has 0 saturated carbocycles. The molecule has 0 saturated heterocycles. The molecule has 112 valence electrons. The minimum Gasteiger partial charge on any atom is -0.477 e. The van der Waals surface area contributed by atoms with E-state index in [-0.39, 0.29) is 18.0 Å². The fourth-order valence-corrected chi connectivity index (χ4v) is 1.77. The average molecular weight is 292 g/mol. The molecule has 1 aromatic carbocycles. The first kappa shape index (κ1) is 14.9. The molecule has 2 aromatic rings. The van der Waals surface area contributed by atoms with E-state index in [0.29, 0.717) is 24.7 Å². The molecule has 0 bridgehead atoms. The highest BCUT2D eigenvalue weighted by Crippen LogP contribution is 2.28. The van der Waals surface area contributed by atoms with Gasteiger partial charge in [0.1, 0.15) is 0 Å². The summed E-state index contributed by atoms with van der Waals surface area (Å²) in [5.41, 5.74) is 0.794. The van der Waals surface area contributed by atoms with E-state index in [1.165, 1.54) is 6.07 Å². The standard InChI is InChI=1S/C13H16N4O4/c1-3-12-15-16-13(21-12)8-20-11-6-9(7-14-2)4-5-10(11)17(18)19/h4-6,14H,3,7-8H2,1-2H3. The number of hydrogen-bond donors (Lipinski definition) is 1. The van der Waals surface area contributed by atoms with E-state index in [9.17, 15) is 10.1 Å². The van der Waals surface area contributed by atoms with Gasteiger partial charge in [0.05, 0.1) is 4.92 Å². The molecule has 0 aliphatic carbocycles. The van der Waals surface area contributed by atoms with E-state index >= 15 is 0 Å². The van der Waals surface area contributed by atoms with Gasteiger partial charge in [-0.3, -0.25) is 10.1 Å². The van der Waals surface area contributed by atoms with Gasteiger partial charge in [0.2, 0.25) is 5.89 Å². The molecule has 0 radical (unpaired) electrons. The van der Waals surface area contributed by atoms with Gasteiger partial charge in [0.15, 0.2) is 12.4 Å². The smallest absolute Gasteiger partial charge is 0.310 e. The number of ether oxygens (including phenoxy) is 1. The molecule has 8 heteroatoms. The van der Waals surface area contributed by atoms with Crippen LogP contribution in [0.15, 0.2) is 22.6 Å². The van der Waals surface area contributed by atoms with Gasteiger partial charge < -0.3 is 14.5 Å². The van der Waals surface area contributed by atoms with Crippen molar-refractivity contribution in [2.75, 3.05) is 7.05 Å². The molecule has 0 aliphatic rings. The Morgan fingerprint density at radius 1 is 1.38 bits per heavy atom. The van der Waals surface area contributed by atoms with Crippen LogP contribution >= 0.6 is 0 Å². The Morgan fingerprint density at radius 3 is 2.76 bits per heavy atom. The SMILES string of the molecule is CCc1nnc(COc2cc(CNC)ccc2[N+](=O)[O-])o1. The molecule has 1 heterocycles. The number of nitro benzene ring substituents is 1. The number of aromatic nitrogens is 2. The lowest BCUT2D eigenvalue weighted by Crippen LogP contribution is -2.06. The summed E-state index contributed by atoms with van der Waals surface area (Å²) >= 11 is 0. The normalized spacial score (nSPS) is 10.6. The molecule has 1 N–H and O–H groups in total. The molecule has 0 amide bonds. The average Bonchev–Trinajstić information content (AvgIpc) is 2.93. The summed E-state index contributed by atoms with van der Waals surface area (Å²) in [6, 6.07) is 4.74. The summed E-state index contributed by atoms with van der Waals surface area (Å²) in [5.74, 6) is 0.983. The van der Waals surface area contributed by atoms with Gasteiger partial charge in [-0.25, -0.2) is 0 Å². The third-order valence-electron chi connectivity index (χ3n) is 2.76. The molecule has 0 fully saturated rings. The van der Waals surface area contributed by atoms with E-state index in [1.807, 2.05) is 6.92 Å². The number of benzene rings is 1. The zero-order valence-electron chi connectivity index (χ0n) is 11.8. The molecule has 1 aromatic heterocycles. The van der Waals surface area contributed by atoms with Crippen LogP contribution in [0.4, 0.5) is 5.69 Å². The van der Waals surface area contributed by atoms with E-state index in [2.05, 4.69) is 15.5 Å². The zero-order valence-corrected chi connectivity index (χ0v) is 11.8. The summed E-state index contributed by atoms with van der Waals surface area (Å²) in [5, 5.41) is 21.6. The minimum atomic E-state index is -0.482. The van der Waals surface area contributed by atoms with Gasteiger partial charge in [-0.1, -0.05) is 13.0 Å². The van der Waals surface area contributed by atoms with Crippen LogP contribution in [0.1, 0.15) is 24.3 Å². The highest BCUT2D eigenvalue weighted by molar-refractivity contribution is 5.48. The number of hydrogen-bond acceptors (Lipinski definition) is 7.